The molecule has 1 saturated carbocycles. The number of fused-ring (bicyclic) bond motifs is 2. The number of ketones is 1. The fourth-order valence-corrected chi connectivity index (χ4v) is 4.29. The summed E-state index contributed by atoms with van der Waals surface area (Å²) >= 11 is 0. The molecule has 0 spiro atoms. The van der Waals surface area contributed by atoms with Crippen LogP contribution in [0.5, 0.6) is 17.2 Å². The van der Waals surface area contributed by atoms with E-state index < -0.39 is 46.4 Å². The fourth-order valence-electron chi connectivity index (χ4n) is 4.29. The molecule has 7 nitrogen and oxygen atoms in total. The van der Waals surface area contributed by atoms with Crippen LogP contribution in [-0.4, -0.2) is 50.1 Å². The van der Waals surface area contributed by atoms with Gasteiger partial charge in [-0.05, 0) is 19.8 Å². The summed E-state index contributed by atoms with van der Waals surface area (Å²) in [5, 5.41) is 52.0. The third-order valence-electron chi connectivity index (χ3n) is 5.67. The van der Waals surface area contributed by atoms with Gasteiger partial charge >= 0.3 is 0 Å². The van der Waals surface area contributed by atoms with Crippen molar-refractivity contribution in [1.29, 1.82) is 0 Å². The van der Waals surface area contributed by atoms with Crippen molar-refractivity contribution in [2.45, 2.75) is 44.5 Å². The largest absolute Gasteiger partial charge is 0.507 e. The standard InChI is InChI=1S/C17H22O7/c1-16-6-17(2,23)10(19)4-7(16)13(20)11-8(18)5-9(24-3)14(21)12(11)15(16)22/h5,7,10,15,18-19,21-23H,4,6H2,1-3H3/t7-,10-,15+,16+,17+/m1/s1. The number of phenolic OH excluding ortho intramolecular Hbond substituents is 2. The van der Waals surface area contributed by atoms with Crippen molar-refractivity contribution in [2.75, 3.05) is 7.11 Å². The molecular weight excluding hydrogens is 316 g/mol. The summed E-state index contributed by atoms with van der Waals surface area (Å²) < 4.78 is 4.98. The van der Waals surface area contributed by atoms with E-state index in [1.54, 1.807) is 6.92 Å². The zero-order chi connectivity index (χ0) is 18.0. The fraction of sp³-hybridized carbons (Fsp3) is 0.588. The number of phenols is 2. The van der Waals surface area contributed by atoms with Crippen LogP contribution in [0.3, 0.4) is 0 Å². The number of rotatable bonds is 1. The molecule has 0 aliphatic heterocycles. The Balaban J connectivity index is 2.24. The number of methoxy groups -OCH3 is 1. The van der Waals surface area contributed by atoms with Crippen LogP contribution < -0.4 is 4.74 Å². The van der Waals surface area contributed by atoms with Crippen LogP contribution in [-0.2, 0) is 0 Å². The van der Waals surface area contributed by atoms with Crippen LogP contribution >= 0.6 is 0 Å². The van der Waals surface area contributed by atoms with Gasteiger partial charge in [0.25, 0.3) is 0 Å². The normalized spacial score (nSPS) is 38.4. The average molecular weight is 338 g/mol. The van der Waals surface area contributed by atoms with E-state index in [4.69, 9.17) is 4.74 Å². The summed E-state index contributed by atoms with van der Waals surface area (Å²) in [6, 6.07) is 1.12. The minimum atomic E-state index is -1.47. The third-order valence-corrected chi connectivity index (χ3v) is 5.67. The monoisotopic (exact) mass is 338 g/mol. The Kier molecular flexibility index (Phi) is 3.60. The molecule has 0 aromatic heterocycles. The zero-order valence-electron chi connectivity index (χ0n) is 13.8. The Morgan fingerprint density at radius 1 is 1.25 bits per heavy atom. The third kappa shape index (κ3) is 2.05. The smallest absolute Gasteiger partial charge is 0.170 e. The van der Waals surface area contributed by atoms with Crippen LogP contribution in [0, 0.1) is 11.3 Å². The summed E-state index contributed by atoms with van der Waals surface area (Å²) in [4.78, 5) is 12.9. The molecule has 0 radical (unpaired) electrons. The van der Waals surface area contributed by atoms with Gasteiger partial charge in [0.05, 0.1) is 30.5 Å². The number of hydrogen-bond donors (Lipinski definition) is 5. The SMILES string of the molecule is COc1cc(O)c2c(c1O)[C@H](O)[C@@]1(C)C[C@](C)(O)[C@H](O)C[C@@H]1C2=O. The number of hydrogen-bond acceptors (Lipinski definition) is 7. The molecule has 2 aliphatic rings. The van der Waals surface area contributed by atoms with Gasteiger partial charge in [-0.3, -0.25) is 4.79 Å². The number of aliphatic hydroxyl groups is 3. The lowest BCUT2D eigenvalue weighted by Gasteiger charge is -2.53. The lowest BCUT2D eigenvalue weighted by atomic mass is 9.53. The van der Waals surface area contributed by atoms with Gasteiger partial charge in [-0.25, -0.2) is 0 Å². The van der Waals surface area contributed by atoms with Crippen LogP contribution in [0.25, 0.3) is 0 Å². The minimum absolute atomic E-state index is 0.0322. The Bertz CT molecular complexity index is 711. The van der Waals surface area contributed by atoms with Crippen molar-refractivity contribution in [3.05, 3.63) is 17.2 Å². The molecule has 0 amide bonds. The molecule has 5 N–H and O–H groups in total. The second-order valence-electron chi connectivity index (χ2n) is 7.35. The maximum Gasteiger partial charge on any atom is 0.170 e. The molecular formula is C17H22O7. The summed E-state index contributed by atoms with van der Waals surface area (Å²) in [7, 11) is 1.30. The van der Waals surface area contributed by atoms with Gasteiger partial charge in [0.1, 0.15) is 5.75 Å². The van der Waals surface area contributed by atoms with Gasteiger partial charge in [-0.1, -0.05) is 6.92 Å². The van der Waals surface area contributed by atoms with Crippen molar-refractivity contribution < 1.29 is 35.1 Å². The number of aromatic hydroxyl groups is 2. The molecule has 24 heavy (non-hydrogen) atoms. The van der Waals surface area contributed by atoms with Crippen molar-refractivity contribution in [3.63, 3.8) is 0 Å². The van der Waals surface area contributed by atoms with E-state index in [1.807, 2.05) is 0 Å². The second kappa shape index (κ2) is 5.08. The Morgan fingerprint density at radius 3 is 2.46 bits per heavy atom. The van der Waals surface area contributed by atoms with E-state index >= 15 is 0 Å². The average Bonchev–Trinajstić information content (AvgIpc) is 2.49. The molecule has 1 aromatic carbocycles. The number of carbonyl (C=O) groups excluding carboxylic acids is 1. The predicted molar refractivity (Wildman–Crippen MR) is 83.1 cm³/mol. The van der Waals surface area contributed by atoms with E-state index in [0.29, 0.717) is 0 Å². The van der Waals surface area contributed by atoms with Crippen molar-refractivity contribution in [1.82, 2.24) is 0 Å². The molecule has 132 valence electrons. The summed E-state index contributed by atoms with van der Waals surface area (Å²) in [6.07, 6.45) is -2.50. The lowest BCUT2D eigenvalue weighted by molar-refractivity contribution is -0.164. The first-order valence-electron chi connectivity index (χ1n) is 7.80. The highest BCUT2D eigenvalue weighted by Crippen LogP contribution is 2.60. The Hall–Kier alpha value is -1.83. The molecule has 7 heteroatoms. The highest BCUT2D eigenvalue weighted by molar-refractivity contribution is 6.04. The van der Waals surface area contributed by atoms with E-state index in [9.17, 15) is 30.3 Å². The number of benzene rings is 1. The van der Waals surface area contributed by atoms with E-state index in [1.165, 1.54) is 14.0 Å². The van der Waals surface area contributed by atoms with Crippen molar-refractivity contribution in [3.8, 4) is 17.2 Å². The van der Waals surface area contributed by atoms with Gasteiger partial charge in [0, 0.05) is 23.0 Å². The molecule has 1 aromatic rings. The number of aliphatic hydroxyl groups excluding tert-OH is 2. The number of Topliss-reactive ketones (excluding diaryl/α,β-unsaturated/α-hetero) is 1. The van der Waals surface area contributed by atoms with Crippen LogP contribution in [0.15, 0.2) is 6.07 Å². The zero-order valence-corrected chi connectivity index (χ0v) is 13.8. The van der Waals surface area contributed by atoms with Gasteiger partial charge in [-0.2, -0.15) is 0 Å². The first-order valence-corrected chi connectivity index (χ1v) is 7.80. The molecule has 3 rings (SSSR count). The number of ether oxygens (including phenoxy) is 1. The first kappa shape index (κ1) is 17.0. The van der Waals surface area contributed by atoms with Gasteiger partial charge < -0.3 is 30.3 Å². The quantitative estimate of drug-likeness (QED) is 0.481. The van der Waals surface area contributed by atoms with E-state index in [0.717, 1.165) is 6.07 Å². The van der Waals surface area contributed by atoms with Gasteiger partial charge in [0.2, 0.25) is 0 Å². The molecule has 5 atom stereocenters. The van der Waals surface area contributed by atoms with Gasteiger partial charge in [0.15, 0.2) is 17.3 Å². The molecule has 1 fully saturated rings. The molecule has 0 bridgehead atoms. The minimum Gasteiger partial charge on any atom is -0.507 e. The van der Waals surface area contributed by atoms with Crippen LogP contribution in [0.1, 0.15) is 48.7 Å². The number of carbonyl (C=O) groups is 1. The maximum atomic E-state index is 12.9. The van der Waals surface area contributed by atoms with Crippen molar-refractivity contribution in [2.24, 2.45) is 11.3 Å². The van der Waals surface area contributed by atoms with Gasteiger partial charge in [-0.15, -0.1) is 0 Å². The molecule has 0 saturated heterocycles. The van der Waals surface area contributed by atoms with E-state index in [-0.39, 0.29) is 29.7 Å². The lowest BCUT2D eigenvalue weighted by Crippen LogP contribution is -2.57. The topological polar surface area (TPSA) is 127 Å². The molecule has 0 heterocycles. The summed E-state index contributed by atoms with van der Waals surface area (Å²) in [6.45, 7) is 3.09. The van der Waals surface area contributed by atoms with Crippen LogP contribution in [0.4, 0.5) is 0 Å². The maximum absolute atomic E-state index is 12.9. The molecule has 2 aliphatic carbocycles. The highest BCUT2D eigenvalue weighted by Gasteiger charge is 2.59. The predicted octanol–water partition coefficient (Wildman–Crippen LogP) is 0.864. The highest BCUT2D eigenvalue weighted by atomic mass is 16.5. The molecule has 0 unspecified atom stereocenters. The van der Waals surface area contributed by atoms with Crippen molar-refractivity contribution >= 4 is 5.78 Å². The van der Waals surface area contributed by atoms with Crippen LogP contribution in [0.2, 0.25) is 0 Å². The second-order valence-corrected chi connectivity index (χ2v) is 7.35. The first-order chi connectivity index (χ1) is 11.0. The van der Waals surface area contributed by atoms with E-state index in [2.05, 4.69) is 0 Å². The Labute approximate surface area is 139 Å². The summed E-state index contributed by atoms with van der Waals surface area (Å²) in [5.74, 6) is -2.10. The Morgan fingerprint density at radius 2 is 1.88 bits per heavy atom. The summed E-state index contributed by atoms with van der Waals surface area (Å²) in [5.41, 5.74) is -2.82.